The minimum absolute atomic E-state index is 0.173. The Balaban J connectivity index is 1.64. The number of carbonyl (C=O) groups is 2. The normalized spacial score (nSPS) is 12.0. The van der Waals surface area contributed by atoms with E-state index in [0.717, 1.165) is 22.3 Å². The Morgan fingerprint density at radius 1 is 0.806 bits per heavy atom. The van der Waals surface area contributed by atoms with E-state index in [1.807, 2.05) is 91.9 Å². The molecule has 4 nitrogen and oxygen atoms in total. The van der Waals surface area contributed by atoms with Crippen LogP contribution >= 0.6 is 0 Å². The lowest BCUT2D eigenvalue weighted by molar-refractivity contribution is -0.143. The topological polar surface area (TPSA) is 55.4 Å². The van der Waals surface area contributed by atoms with Gasteiger partial charge in [-0.3, -0.25) is 4.79 Å². The van der Waals surface area contributed by atoms with Gasteiger partial charge in [-0.15, -0.1) is 0 Å². The fourth-order valence-electron chi connectivity index (χ4n) is 2.90. The molecule has 0 aliphatic rings. The smallest absolute Gasteiger partial charge is 0.331 e. The molecule has 0 radical (unpaired) electrons. The Hall–Kier alpha value is -3.92. The number of aryl methyl sites for hydroxylation is 1. The second kappa shape index (κ2) is 11.3. The van der Waals surface area contributed by atoms with Crippen LogP contribution in [0.1, 0.15) is 28.4 Å². The van der Waals surface area contributed by atoms with Crippen molar-refractivity contribution in [3.05, 3.63) is 119 Å². The van der Waals surface area contributed by atoms with Crippen LogP contribution in [0.2, 0.25) is 0 Å². The molecule has 0 saturated heterocycles. The Morgan fingerprint density at radius 3 is 1.94 bits per heavy atom. The van der Waals surface area contributed by atoms with Gasteiger partial charge in [-0.25, -0.2) is 4.79 Å². The van der Waals surface area contributed by atoms with Crippen LogP contribution in [0.4, 0.5) is 0 Å². The number of rotatable bonds is 8. The Bertz CT molecular complexity index is 1040. The summed E-state index contributed by atoms with van der Waals surface area (Å²) in [6.07, 6.45) is 5.72. The van der Waals surface area contributed by atoms with Crippen molar-refractivity contribution in [1.82, 2.24) is 5.32 Å². The van der Waals surface area contributed by atoms with Gasteiger partial charge < -0.3 is 10.1 Å². The van der Waals surface area contributed by atoms with E-state index in [0.29, 0.717) is 0 Å². The highest BCUT2D eigenvalue weighted by molar-refractivity contribution is 5.91. The lowest BCUT2D eigenvalue weighted by Gasteiger charge is -2.18. The largest absolute Gasteiger partial charge is 0.452 e. The van der Waals surface area contributed by atoms with E-state index in [1.54, 1.807) is 12.2 Å². The zero-order chi connectivity index (χ0) is 21.9. The van der Waals surface area contributed by atoms with Crippen molar-refractivity contribution in [2.24, 2.45) is 0 Å². The van der Waals surface area contributed by atoms with E-state index in [1.165, 1.54) is 12.2 Å². The fraction of sp³-hybridized carbons (Fsp3) is 0.111. The third kappa shape index (κ3) is 7.44. The van der Waals surface area contributed by atoms with E-state index in [2.05, 4.69) is 5.32 Å². The molecule has 0 fully saturated rings. The van der Waals surface area contributed by atoms with Crippen molar-refractivity contribution in [1.29, 1.82) is 0 Å². The quantitative estimate of drug-likeness (QED) is 0.413. The minimum Gasteiger partial charge on any atom is -0.452 e. The molecule has 31 heavy (non-hydrogen) atoms. The first-order valence-corrected chi connectivity index (χ1v) is 10.1. The monoisotopic (exact) mass is 411 g/mol. The highest BCUT2D eigenvalue weighted by Crippen LogP contribution is 2.18. The molecule has 0 spiro atoms. The summed E-state index contributed by atoms with van der Waals surface area (Å²) in [7, 11) is 0. The Kier molecular flexibility index (Phi) is 7.95. The first-order chi connectivity index (χ1) is 15.1. The predicted octanol–water partition coefficient (Wildman–Crippen LogP) is 5.12. The lowest BCUT2D eigenvalue weighted by atomic mass is 10.1. The number of hydrogen-bond donors (Lipinski definition) is 1. The van der Waals surface area contributed by atoms with Crippen molar-refractivity contribution in [2.45, 2.75) is 13.0 Å². The van der Waals surface area contributed by atoms with Crippen LogP contribution in [-0.4, -0.2) is 18.4 Å². The summed E-state index contributed by atoms with van der Waals surface area (Å²) in [5.74, 6) is -0.722. The Morgan fingerprint density at radius 2 is 1.35 bits per heavy atom. The van der Waals surface area contributed by atoms with Crippen LogP contribution in [-0.2, 0) is 14.3 Å². The van der Waals surface area contributed by atoms with E-state index in [-0.39, 0.29) is 12.5 Å². The summed E-state index contributed by atoms with van der Waals surface area (Å²) in [4.78, 5) is 24.6. The number of esters is 1. The lowest BCUT2D eigenvalue weighted by Crippen LogP contribution is -2.29. The maximum Gasteiger partial charge on any atom is 0.331 e. The fourth-order valence-corrected chi connectivity index (χ4v) is 2.90. The number of ether oxygens (including phenoxy) is 1. The van der Waals surface area contributed by atoms with Gasteiger partial charge in [0.1, 0.15) is 6.10 Å². The molecule has 0 bridgehead atoms. The van der Waals surface area contributed by atoms with E-state index in [4.69, 9.17) is 4.74 Å². The van der Waals surface area contributed by atoms with E-state index < -0.39 is 12.1 Å². The van der Waals surface area contributed by atoms with Crippen LogP contribution in [0.3, 0.4) is 0 Å². The first-order valence-electron chi connectivity index (χ1n) is 10.1. The molecule has 156 valence electrons. The summed E-state index contributed by atoms with van der Waals surface area (Å²) in [5.41, 5.74) is 3.77. The van der Waals surface area contributed by atoms with Crippen LogP contribution in [0, 0.1) is 6.92 Å². The molecule has 3 rings (SSSR count). The summed E-state index contributed by atoms with van der Waals surface area (Å²) in [6.45, 7) is 2.16. The molecular formula is C27H25NO3. The second-order valence-corrected chi connectivity index (χ2v) is 7.07. The molecule has 4 heteroatoms. The summed E-state index contributed by atoms with van der Waals surface area (Å²) >= 11 is 0. The zero-order valence-corrected chi connectivity index (χ0v) is 17.4. The standard InChI is InChI=1S/C27H25NO3/c1-21-12-16-24(17-13-21)25(31-27(30)19-15-23-10-6-3-7-11-23)20-28-26(29)18-14-22-8-4-2-5-9-22/h2-19,25H,20H2,1H3,(H,28,29). The number of nitrogens with one attached hydrogen (secondary N) is 1. The van der Waals surface area contributed by atoms with Crippen LogP contribution in [0.15, 0.2) is 97.1 Å². The minimum atomic E-state index is -0.595. The second-order valence-electron chi connectivity index (χ2n) is 7.07. The average molecular weight is 412 g/mol. The third-order valence-corrected chi connectivity index (χ3v) is 4.61. The summed E-state index contributed by atoms with van der Waals surface area (Å²) < 4.78 is 5.65. The molecule has 1 atom stereocenters. The number of hydrogen-bond acceptors (Lipinski definition) is 3. The average Bonchev–Trinajstić information content (AvgIpc) is 2.81. The maximum absolute atomic E-state index is 12.4. The van der Waals surface area contributed by atoms with Gasteiger partial charge in [-0.05, 0) is 35.8 Å². The van der Waals surface area contributed by atoms with Crippen molar-refractivity contribution in [3.8, 4) is 0 Å². The molecule has 0 aromatic heterocycles. The first kappa shape index (κ1) is 21.8. The summed E-state index contributed by atoms with van der Waals surface area (Å²) in [6, 6.07) is 26.8. The van der Waals surface area contributed by atoms with Crippen LogP contribution in [0.5, 0.6) is 0 Å². The van der Waals surface area contributed by atoms with Gasteiger partial charge in [0.15, 0.2) is 0 Å². The molecular weight excluding hydrogens is 386 g/mol. The molecule has 0 aliphatic heterocycles. The number of amides is 1. The number of benzene rings is 3. The zero-order valence-electron chi connectivity index (χ0n) is 17.4. The SMILES string of the molecule is Cc1ccc(C(CNC(=O)C=Cc2ccccc2)OC(=O)C=Cc2ccccc2)cc1. The van der Waals surface area contributed by atoms with Gasteiger partial charge in [0.05, 0.1) is 6.54 Å². The highest BCUT2D eigenvalue weighted by Gasteiger charge is 2.16. The number of carbonyl (C=O) groups excluding carboxylic acids is 2. The van der Waals surface area contributed by atoms with Gasteiger partial charge in [0.2, 0.25) is 5.91 Å². The molecule has 0 aliphatic carbocycles. The molecule has 1 unspecified atom stereocenters. The van der Waals surface area contributed by atoms with Crippen molar-refractivity contribution < 1.29 is 14.3 Å². The van der Waals surface area contributed by atoms with Gasteiger partial charge in [-0.1, -0.05) is 90.5 Å². The highest BCUT2D eigenvalue weighted by atomic mass is 16.5. The summed E-state index contributed by atoms with van der Waals surface area (Å²) in [5, 5.41) is 2.82. The third-order valence-electron chi connectivity index (χ3n) is 4.61. The van der Waals surface area contributed by atoms with Gasteiger partial charge >= 0.3 is 5.97 Å². The van der Waals surface area contributed by atoms with Crippen LogP contribution in [0.25, 0.3) is 12.2 Å². The predicted molar refractivity (Wildman–Crippen MR) is 124 cm³/mol. The molecule has 3 aromatic carbocycles. The van der Waals surface area contributed by atoms with Gasteiger partial charge in [-0.2, -0.15) is 0 Å². The van der Waals surface area contributed by atoms with Gasteiger partial charge in [0, 0.05) is 12.2 Å². The Labute approximate surface area is 182 Å². The molecule has 1 N–H and O–H groups in total. The molecule has 0 saturated carbocycles. The van der Waals surface area contributed by atoms with Gasteiger partial charge in [0.25, 0.3) is 0 Å². The van der Waals surface area contributed by atoms with Crippen molar-refractivity contribution in [3.63, 3.8) is 0 Å². The van der Waals surface area contributed by atoms with Crippen LogP contribution < -0.4 is 5.32 Å². The van der Waals surface area contributed by atoms with Crippen molar-refractivity contribution >= 4 is 24.0 Å². The maximum atomic E-state index is 12.4. The molecule has 1 amide bonds. The van der Waals surface area contributed by atoms with E-state index >= 15 is 0 Å². The molecule has 0 heterocycles. The van der Waals surface area contributed by atoms with Crippen molar-refractivity contribution in [2.75, 3.05) is 6.54 Å². The molecule has 3 aromatic rings. The van der Waals surface area contributed by atoms with E-state index in [9.17, 15) is 9.59 Å².